The molecular formula is C15H15BrO2. The van der Waals surface area contributed by atoms with Crippen LogP contribution in [-0.4, -0.2) is 12.2 Å². The molecule has 18 heavy (non-hydrogen) atoms. The van der Waals surface area contributed by atoms with E-state index in [1.54, 1.807) is 7.11 Å². The molecule has 0 saturated carbocycles. The maximum absolute atomic E-state index is 10.3. The van der Waals surface area contributed by atoms with Gasteiger partial charge in [-0.25, -0.2) is 0 Å². The van der Waals surface area contributed by atoms with Gasteiger partial charge < -0.3 is 9.84 Å². The number of halogens is 1. The van der Waals surface area contributed by atoms with Crippen molar-refractivity contribution < 1.29 is 9.84 Å². The summed E-state index contributed by atoms with van der Waals surface area (Å²) in [6.45, 7) is 2.01. The molecule has 3 heteroatoms. The van der Waals surface area contributed by atoms with Gasteiger partial charge in [-0.2, -0.15) is 0 Å². The Labute approximate surface area is 115 Å². The monoisotopic (exact) mass is 306 g/mol. The van der Waals surface area contributed by atoms with Crippen LogP contribution in [0.25, 0.3) is 0 Å². The lowest BCUT2D eigenvalue weighted by molar-refractivity contribution is 0.220. The number of methoxy groups -OCH3 is 1. The van der Waals surface area contributed by atoms with Crippen LogP contribution in [0.4, 0.5) is 0 Å². The summed E-state index contributed by atoms with van der Waals surface area (Å²) in [6.07, 6.45) is -0.618. The van der Waals surface area contributed by atoms with Crippen molar-refractivity contribution in [2.75, 3.05) is 7.11 Å². The van der Waals surface area contributed by atoms with Crippen molar-refractivity contribution >= 4 is 15.9 Å². The van der Waals surface area contributed by atoms with Gasteiger partial charge in [0.25, 0.3) is 0 Å². The van der Waals surface area contributed by atoms with Crippen molar-refractivity contribution in [2.24, 2.45) is 0 Å². The van der Waals surface area contributed by atoms with Crippen LogP contribution in [0.2, 0.25) is 0 Å². The summed E-state index contributed by atoms with van der Waals surface area (Å²) in [7, 11) is 1.63. The minimum absolute atomic E-state index is 0.618. The molecule has 0 heterocycles. The van der Waals surface area contributed by atoms with Gasteiger partial charge in [0.15, 0.2) is 0 Å². The molecule has 1 unspecified atom stereocenters. The highest BCUT2D eigenvalue weighted by atomic mass is 79.9. The molecule has 0 spiro atoms. The van der Waals surface area contributed by atoms with Crippen LogP contribution in [0.15, 0.2) is 46.9 Å². The molecule has 0 aliphatic rings. The number of hydrogen-bond acceptors (Lipinski definition) is 2. The predicted molar refractivity (Wildman–Crippen MR) is 75.9 cm³/mol. The molecule has 0 aliphatic carbocycles. The van der Waals surface area contributed by atoms with Gasteiger partial charge in [0, 0.05) is 4.47 Å². The molecule has 0 aromatic heterocycles. The third-order valence-corrected chi connectivity index (χ3v) is 3.27. The fourth-order valence-corrected chi connectivity index (χ4v) is 2.53. The Morgan fingerprint density at radius 1 is 1.06 bits per heavy atom. The zero-order chi connectivity index (χ0) is 13.1. The third kappa shape index (κ3) is 2.92. The standard InChI is InChI=1S/C15H15BrO2/c1-10-7-12(9-13(16)8-10)15(17)11-3-5-14(18-2)6-4-11/h3-9,15,17H,1-2H3. The van der Waals surface area contributed by atoms with Gasteiger partial charge in [-0.15, -0.1) is 0 Å². The Balaban J connectivity index is 2.31. The molecule has 2 aromatic rings. The summed E-state index contributed by atoms with van der Waals surface area (Å²) in [4.78, 5) is 0. The number of benzene rings is 2. The van der Waals surface area contributed by atoms with Gasteiger partial charge in [-0.05, 0) is 47.9 Å². The average Bonchev–Trinajstić information content (AvgIpc) is 2.37. The van der Waals surface area contributed by atoms with Crippen LogP contribution in [0, 0.1) is 6.92 Å². The number of aliphatic hydroxyl groups is 1. The molecule has 0 bridgehead atoms. The van der Waals surface area contributed by atoms with E-state index in [4.69, 9.17) is 4.74 Å². The molecule has 0 fully saturated rings. The van der Waals surface area contributed by atoms with E-state index in [0.717, 1.165) is 26.9 Å². The van der Waals surface area contributed by atoms with Crippen LogP contribution >= 0.6 is 15.9 Å². The third-order valence-electron chi connectivity index (χ3n) is 2.81. The Bertz CT molecular complexity index is 514. The number of aryl methyl sites for hydroxylation is 1. The van der Waals surface area contributed by atoms with Gasteiger partial charge in [0.2, 0.25) is 0 Å². The predicted octanol–water partition coefficient (Wildman–Crippen LogP) is 3.85. The molecular weight excluding hydrogens is 292 g/mol. The van der Waals surface area contributed by atoms with Gasteiger partial charge in [-0.1, -0.05) is 34.1 Å². The van der Waals surface area contributed by atoms with E-state index in [-0.39, 0.29) is 0 Å². The normalized spacial score (nSPS) is 12.2. The quantitative estimate of drug-likeness (QED) is 0.933. The van der Waals surface area contributed by atoms with E-state index in [9.17, 15) is 5.11 Å². The van der Waals surface area contributed by atoms with E-state index in [1.807, 2.05) is 49.4 Å². The number of ether oxygens (including phenoxy) is 1. The highest BCUT2D eigenvalue weighted by Crippen LogP contribution is 2.27. The number of hydrogen-bond donors (Lipinski definition) is 1. The van der Waals surface area contributed by atoms with Crippen LogP contribution < -0.4 is 4.74 Å². The zero-order valence-corrected chi connectivity index (χ0v) is 11.9. The van der Waals surface area contributed by atoms with Gasteiger partial charge in [0.1, 0.15) is 11.9 Å². The molecule has 0 aliphatic heterocycles. The second-order valence-electron chi connectivity index (χ2n) is 4.24. The van der Waals surface area contributed by atoms with Crippen molar-refractivity contribution in [2.45, 2.75) is 13.0 Å². The van der Waals surface area contributed by atoms with Crippen molar-refractivity contribution in [3.63, 3.8) is 0 Å². The summed E-state index contributed by atoms with van der Waals surface area (Å²) >= 11 is 3.45. The molecule has 1 N–H and O–H groups in total. The van der Waals surface area contributed by atoms with Crippen molar-refractivity contribution in [3.05, 3.63) is 63.6 Å². The van der Waals surface area contributed by atoms with E-state index < -0.39 is 6.10 Å². The number of rotatable bonds is 3. The largest absolute Gasteiger partial charge is 0.497 e. The first-order valence-corrected chi connectivity index (χ1v) is 6.48. The molecule has 0 amide bonds. The summed E-state index contributed by atoms with van der Waals surface area (Å²) in [5, 5.41) is 10.3. The van der Waals surface area contributed by atoms with E-state index in [0.29, 0.717) is 0 Å². The fourth-order valence-electron chi connectivity index (χ4n) is 1.90. The minimum atomic E-state index is -0.618. The first-order valence-electron chi connectivity index (χ1n) is 5.69. The first-order chi connectivity index (χ1) is 8.60. The maximum atomic E-state index is 10.3. The lowest BCUT2D eigenvalue weighted by Crippen LogP contribution is -2.00. The molecule has 2 nitrogen and oxygen atoms in total. The highest BCUT2D eigenvalue weighted by molar-refractivity contribution is 9.10. The molecule has 0 radical (unpaired) electrons. The first kappa shape index (κ1) is 13.1. The second-order valence-corrected chi connectivity index (χ2v) is 5.15. The average molecular weight is 307 g/mol. The number of aliphatic hydroxyl groups excluding tert-OH is 1. The Morgan fingerprint density at radius 2 is 1.72 bits per heavy atom. The van der Waals surface area contributed by atoms with Crippen LogP contribution in [0.3, 0.4) is 0 Å². The van der Waals surface area contributed by atoms with Crippen molar-refractivity contribution in [1.29, 1.82) is 0 Å². The maximum Gasteiger partial charge on any atom is 0.118 e. The Kier molecular flexibility index (Phi) is 4.04. The Morgan fingerprint density at radius 3 is 2.28 bits per heavy atom. The van der Waals surface area contributed by atoms with Crippen LogP contribution in [0.1, 0.15) is 22.8 Å². The highest BCUT2D eigenvalue weighted by Gasteiger charge is 2.11. The smallest absolute Gasteiger partial charge is 0.118 e. The summed E-state index contributed by atoms with van der Waals surface area (Å²) in [6, 6.07) is 13.4. The topological polar surface area (TPSA) is 29.5 Å². The second kappa shape index (κ2) is 5.55. The zero-order valence-electron chi connectivity index (χ0n) is 10.4. The molecule has 0 saturated heterocycles. The van der Waals surface area contributed by atoms with Gasteiger partial charge >= 0.3 is 0 Å². The molecule has 94 valence electrons. The van der Waals surface area contributed by atoms with Crippen molar-refractivity contribution in [3.8, 4) is 5.75 Å². The molecule has 2 rings (SSSR count). The summed E-state index contributed by atoms with van der Waals surface area (Å²) in [5.41, 5.74) is 2.85. The van der Waals surface area contributed by atoms with E-state index in [1.165, 1.54) is 0 Å². The fraction of sp³-hybridized carbons (Fsp3) is 0.200. The molecule has 2 aromatic carbocycles. The molecule has 1 atom stereocenters. The van der Waals surface area contributed by atoms with E-state index >= 15 is 0 Å². The van der Waals surface area contributed by atoms with Gasteiger partial charge in [0.05, 0.1) is 7.11 Å². The SMILES string of the molecule is COc1ccc(C(O)c2cc(C)cc(Br)c2)cc1. The summed E-state index contributed by atoms with van der Waals surface area (Å²) in [5.74, 6) is 0.788. The Hall–Kier alpha value is -1.32. The lowest BCUT2D eigenvalue weighted by atomic mass is 10.00. The lowest BCUT2D eigenvalue weighted by Gasteiger charge is -2.13. The van der Waals surface area contributed by atoms with Gasteiger partial charge in [-0.3, -0.25) is 0 Å². The minimum Gasteiger partial charge on any atom is -0.497 e. The van der Waals surface area contributed by atoms with Crippen LogP contribution in [0.5, 0.6) is 5.75 Å². The van der Waals surface area contributed by atoms with Crippen LogP contribution in [-0.2, 0) is 0 Å². The van der Waals surface area contributed by atoms with E-state index in [2.05, 4.69) is 15.9 Å². The summed E-state index contributed by atoms with van der Waals surface area (Å²) < 4.78 is 6.08. The van der Waals surface area contributed by atoms with Crippen molar-refractivity contribution in [1.82, 2.24) is 0 Å².